The van der Waals surface area contributed by atoms with Crippen molar-refractivity contribution in [2.45, 2.75) is 18.4 Å². The molecule has 0 aliphatic rings. The van der Waals surface area contributed by atoms with E-state index in [0.717, 1.165) is 6.08 Å². The van der Waals surface area contributed by atoms with Crippen molar-refractivity contribution in [3.63, 3.8) is 0 Å². The second-order valence-corrected chi connectivity index (χ2v) is 3.59. The Balaban J connectivity index is 2.35. The first-order chi connectivity index (χ1) is 6.68. The second kappa shape index (κ2) is 5.64. The van der Waals surface area contributed by atoms with Gasteiger partial charge >= 0.3 is 0 Å². The zero-order valence-corrected chi connectivity index (χ0v) is 8.39. The molecule has 0 atom stereocenters. The van der Waals surface area contributed by atoms with Gasteiger partial charge in [0.25, 0.3) is 6.08 Å². The average molecular weight is 217 g/mol. The fraction of sp³-hybridized carbons (Fsp3) is 0.375. The fourth-order valence-corrected chi connectivity index (χ4v) is 1.54. The third-order valence-electron chi connectivity index (χ3n) is 1.31. The smallest absolute Gasteiger partial charge is 0.223 e. The van der Waals surface area contributed by atoms with Crippen LogP contribution in [0.2, 0.25) is 0 Å². The van der Waals surface area contributed by atoms with Gasteiger partial charge in [-0.05, 0) is 19.4 Å². The maximum absolute atomic E-state index is 11.6. The first-order valence-electron chi connectivity index (χ1n) is 3.99. The zero-order chi connectivity index (χ0) is 10.4. The van der Waals surface area contributed by atoms with Crippen molar-refractivity contribution in [2.75, 3.05) is 5.75 Å². The van der Waals surface area contributed by atoms with Gasteiger partial charge in [0.2, 0.25) is 0 Å². The summed E-state index contributed by atoms with van der Waals surface area (Å²) in [5.41, 5.74) is 0. The van der Waals surface area contributed by atoms with Crippen LogP contribution in [-0.2, 0) is 0 Å². The van der Waals surface area contributed by atoms with E-state index in [0.29, 0.717) is 23.0 Å². The van der Waals surface area contributed by atoms with Gasteiger partial charge in [-0.25, -0.2) is 4.98 Å². The van der Waals surface area contributed by atoms with E-state index >= 15 is 0 Å². The molecule has 0 aliphatic carbocycles. The van der Waals surface area contributed by atoms with Gasteiger partial charge in [0.05, 0.1) is 6.20 Å². The van der Waals surface area contributed by atoms with E-state index in [1.54, 1.807) is 6.92 Å². The van der Waals surface area contributed by atoms with E-state index < -0.39 is 6.08 Å². The van der Waals surface area contributed by atoms with Crippen LogP contribution in [0, 0.1) is 6.92 Å². The van der Waals surface area contributed by atoms with Crippen LogP contribution in [0.15, 0.2) is 23.4 Å². The summed E-state index contributed by atoms with van der Waals surface area (Å²) in [4.78, 5) is 4.07. The molecule has 14 heavy (non-hydrogen) atoms. The summed E-state index contributed by atoms with van der Waals surface area (Å²) in [7, 11) is 0. The van der Waals surface area contributed by atoms with E-state index in [-0.39, 0.29) is 0 Å². The maximum Gasteiger partial charge on any atom is 0.266 e. The molecule has 0 spiro atoms. The molecule has 0 aromatic carbocycles. The van der Waals surface area contributed by atoms with E-state index in [1.807, 2.05) is 0 Å². The summed E-state index contributed by atoms with van der Waals surface area (Å²) < 4.78 is 23.3. The Labute approximate surface area is 84.6 Å². The molecule has 0 saturated heterocycles. The fourth-order valence-electron chi connectivity index (χ4n) is 0.774. The van der Waals surface area contributed by atoms with Crippen molar-refractivity contribution in [1.82, 2.24) is 15.2 Å². The molecule has 0 N–H and O–H groups in total. The molecule has 0 amide bonds. The number of aryl methyl sites for hydroxylation is 1. The molecular weight excluding hydrogens is 208 g/mol. The van der Waals surface area contributed by atoms with Crippen LogP contribution in [-0.4, -0.2) is 20.9 Å². The van der Waals surface area contributed by atoms with Gasteiger partial charge in [-0.15, -0.1) is 16.9 Å². The minimum Gasteiger partial charge on any atom is -0.223 e. The predicted octanol–water partition coefficient (Wildman–Crippen LogP) is 2.44. The van der Waals surface area contributed by atoms with Crippen molar-refractivity contribution in [3.8, 4) is 0 Å². The molecule has 0 saturated carbocycles. The molecule has 0 fully saturated rings. The Bertz CT molecular complexity index is 326. The van der Waals surface area contributed by atoms with Crippen molar-refractivity contribution < 1.29 is 8.78 Å². The molecule has 1 rings (SSSR count). The monoisotopic (exact) mass is 217 g/mol. The molecule has 3 nitrogen and oxygen atoms in total. The number of halogens is 2. The predicted molar refractivity (Wildman–Crippen MR) is 50.2 cm³/mol. The van der Waals surface area contributed by atoms with Crippen LogP contribution >= 0.6 is 11.8 Å². The number of aromatic nitrogens is 3. The van der Waals surface area contributed by atoms with Crippen LogP contribution in [0.5, 0.6) is 0 Å². The van der Waals surface area contributed by atoms with Crippen molar-refractivity contribution >= 4 is 11.8 Å². The molecule has 1 aromatic heterocycles. The molecule has 1 heterocycles. The Kier molecular flexibility index (Phi) is 4.45. The highest BCUT2D eigenvalue weighted by molar-refractivity contribution is 7.99. The lowest BCUT2D eigenvalue weighted by Gasteiger charge is -1.97. The third-order valence-corrected chi connectivity index (χ3v) is 2.24. The average Bonchev–Trinajstić information content (AvgIpc) is 2.12. The highest BCUT2D eigenvalue weighted by atomic mass is 32.2. The minimum absolute atomic E-state index is 0.329. The number of thioether (sulfide) groups is 1. The summed E-state index contributed by atoms with van der Waals surface area (Å²) in [5.74, 6) is 1.15. The largest absolute Gasteiger partial charge is 0.266 e. The van der Waals surface area contributed by atoms with E-state index in [9.17, 15) is 8.78 Å². The normalized spacial score (nSPS) is 9.93. The number of rotatable bonds is 4. The second-order valence-electron chi connectivity index (χ2n) is 2.47. The van der Waals surface area contributed by atoms with E-state index in [1.165, 1.54) is 18.0 Å². The van der Waals surface area contributed by atoms with Crippen LogP contribution in [0.25, 0.3) is 0 Å². The molecule has 6 heteroatoms. The molecule has 76 valence electrons. The van der Waals surface area contributed by atoms with Gasteiger partial charge in [-0.2, -0.15) is 13.9 Å². The SMILES string of the molecule is Cc1nncc(SCCC=C(F)F)n1. The molecule has 0 unspecified atom stereocenters. The van der Waals surface area contributed by atoms with Gasteiger partial charge in [-0.3, -0.25) is 0 Å². The van der Waals surface area contributed by atoms with Gasteiger partial charge in [0.1, 0.15) is 10.9 Å². The van der Waals surface area contributed by atoms with Crippen LogP contribution in [0.4, 0.5) is 8.78 Å². The van der Waals surface area contributed by atoms with E-state index in [4.69, 9.17) is 0 Å². The quantitative estimate of drug-likeness (QED) is 0.573. The molecule has 0 bridgehead atoms. The number of nitrogens with zero attached hydrogens (tertiary/aromatic N) is 3. The van der Waals surface area contributed by atoms with Gasteiger partial charge in [-0.1, -0.05) is 0 Å². The van der Waals surface area contributed by atoms with Gasteiger partial charge < -0.3 is 0 Å². The lowest BCUT2D eigenvalue weighted by molar-refractivity contribution is 0.418. The highest BCUT2D eigenvalue weighted by Crippen LogP contribution is 2.15. The first kappa shape index (κ1) is 11.0. The number of hydrogen-bond donors (Lipinski definition) is 0. The minimum atomic E-state index is -1.64. The Hall–Kier alpha value is -1.04. The highest BCUT2D eigenvalue weighted by Gasteiger charge is 1.97. The summed E-state index contributed by atoms with van der Waals surface area (Å²) in [6.07, 6.45) is 1.11. The van der Waals surface area contributed by atoms with Gasteiger partial charge in [0, 0.05) is 5.75 Å². The zero-order valence-electron chi connectivity index (χ0n) is 7.57. The van der Waals surface area contributed by atoms with Gasteiger partial charge in [0.15, 0.2) is 0 Å². The number of allylic oxidation sites excluding steroid dienone is 1. The lowest BCUT2D eigenvalue weighted by atomic mass is 10.5. The Morgan fingerprint density at radius 2 is 2.36 bits per heavy atom. The Morgan fingerprint density at radius 3 is 3.00 bits per heavy atom. The van der Waals surface area contributed by atoms with Crippen LogP contribution < -0.4 is 0 Å². The topological polar surface area (TPSA) is 38.7 Å². The molecular formula is C8H9F2N3S. The van der Waals surface area contributed by atoms with Crippen molar-refractivity contribution in [3.05, 3.63) is 24.2 Å². The number of hydrogen-bond acceptors (Lipinski definition) is 4. The van der Waals surface area contributed by atoms with E-state index in [2.05, 4.69) is 15.2 Å². The van der Waals surface area contributed by atoms with Crippen molar-refractivity contribution in [1.29, 1.82) is 0 Å². The molecule has 0 aliphatic heterocycles. The first-order valence-corrected chi connectivity index (χ1v) is 4.97. The summed E-state index contributed by atoms with van der Waals surface area (Å²) in [6, 6.07) is 0. The Morgan fingerprint density at radius 1 is 1.57 bits per heavy atom. The molecule has 0 radical (unpaired) electrons. The summed E-state index contributed by atoms with van der Waals surface area (Å²) >= 11 is 1.39. The summed E-state index contributed by atoms with van der Waals surface area (Å²) in [6.45, 7) is 1.73. The van der Waals surface area contributed by atoms with Crippen molar-refractivity contribution in [2.24, 2.45) is 0 Å². The van der Waals surface area contributed by atoms with Crippen LogP contribution in [0.1, 0.15) is 12.2 Å². The lowest BCUT2D eigenvalue weighted by Crippen LogP contribution is -1.92. The standard InChI is InChI=1S/C8H9F2N3S/c1-6-12-8(5-11-13-6)14-4-2-3-7(9)10/h3,5H,2,4H2,1H3. The van der Waals surface area contributed by atoms with Crippen LogP contribution in [0.3, 0.4) is 0 Å². The maximum atomic E-state index is 11.6. The molecule has 1 aromatic rings. The third kappa shape index (κ3) is 4.27. The summed E-state index contributed by atoms with van der Waals surface area (Å²) in [5, 5.41) is 8.10.